The van der Waals surface area contributed by atoms with Crippen LogP contribution in [0.4, 0.5) is 50.4 Å². The number of ketones is 2. The first-order valence-corrected chi connectivity index (χ1v) is 18.6. The number of fused-ring (bicyclic) bond motifs is 3. The largest absolute Gasteiger partial charge is 2.00 e. The number of hydrogen-bond donors (Lipinski definition) is 0. The van der Waals surface area contributed by atoms with Gasteiger partial charge in [0, 0.05) is 35.6 Å². The van der Waals surface area contributed by atoms with E-state index in [1.54, 1.807) is 24.8 Å². The Kier molecular flexibility index (Phi) is 20.5. The predicted octanol–water partition coefficient (Wildman–Crippen LogP) is 14.9. The van der Waals surface area contributed by atoms with E-state index >= 15 is 0 Å². The number of carbonyl (C=O) groups excluding carboxylic acids is 2. The first kappa shape index (κ1) is 53.7. The van der Waals surface area contributed by atoms with E-state index in [-0.39, 0.29) is 31.0 Å². The topological polar surface area (TPSA) is 72.8 Å². The van der Waals surface area contributed by atoms with Gasteiger partial charge in [-0.3, -0.25) is 15.0 Å². The van der Waals surface area contributed by atoms with Crippen LogP contribution in [-0.4, -0.2) is 26.5 Å². The third-order valence-electron chi connectivity index (χ3n) is 4.66. The Bertz CT molecular complexity index is 1680. The average Bonchev–Trinajstić information content (AvgIpc) is 2.95. The maximum atomic E-state index is 9.87. The van der Waals surface area contributed by atoms with Crippen LogP contribution >= 0.6 is 15.6 Å². The number of rotatable bonds is 1. The summed E-state index contributed by atoms with van der Waals surface area (Å²) in [4.78, 5) is 31.4. The molecule has 0 radical (unpaired) electrons. The van der Waals surface area contributed by atoms with Gasteiger partial charge in [-0.15, -0.1) is 0 Å². The van der Waals surface area contributed by atoms with Gasteiger partial charge < -0.3 is 9.59 Å². The molecular formula is C33H39F12N3O2P2Ru. The normalized spacial score (nSPS) is 12.8. The van der Waals surface area contributed by atoms with E-state index in [1.807, 2.05) is 30.3 Å². The van der Waals surface area contributed by atoms with Gasteiger partial charge in [-0.2, -0.15) is 0 Å². The second-order valence-corrected chi connectivity index (χ2v) is 14.9. The minimum Gasteiger partial charge on any atom is -0.265 e. The Labute approximate surface area is 311 Å². The average molecular weight is 901 g/mol. The van der Waals surface area contributed by atoms with Crippen LogP contribution in [0.15, 0.2) is 104 Å². The van der Waals surface area contributed by atoms with Crippen LogP contribution in [0.2, 0.25) is 0 Å². The van der Waals surface area contributed by atoms with Crippen LogP contribution < -0.4 is 0 Å². The molecule has 53 heavy (non-hydrogen) atoms. The van der Waals surface area contributed by atoms with Crippen molar-refractivity contribution in [3.8, 4) is 0 Å². The van der Waals surface area contributed by atoms with E-state index in [2.05, 4.69) is 84.3 Å². The number of pyridine rings is 3. The molecule has 0 amide bonds. The Morgan fingerprint density at radius 1 is 0.509 bits per heavy atom. The zero-order valence-electron chi connectivity index (χ0n) is 29.3. The summed E-state index contributed by atoms with van der Waals surface area (Å²) in [6, 6.07) is 26.6. The molecule has 3 heterocycles. The molecule has 0 unspecified atom stereocenters. The summed E-state index contributed by atoms with van der Waals surface area (Å²) in [6.45, 7) is 12.7. The molecule has 0 bridgehead atoms. The zero-order chi connectivity index (χ0) is 41.2. The molecular weight excluding hydrogens is 861 g/mol. The van der Waals surface area contributed by atoms with Crippen molar-refractivity contribution in [1.29, 1.82) is 0 Å². The van der Waals surface area contributed by atoms with E-state index in [0.29, 0.717) is 5.92 Å². The van der Waals surface area contributed by atoms with Crippen molar-refractivity contribution in [3.05, 3.63) is 115 Å². The fourth-order valence-electron chi connectivity index (χ4n) is 2.94. The minimum atomic E-state index is -10.7. The number of hydrogen-bond acceptors (Lipinski definition) is 5. The van der Waals surface area contributed by atoms with E-state index in [9.17, 15) is 60.0 Å². The second-order valence-electron chi connectivity index (χ2n) is 11.0. The van der Waals surface area contributed by atoms with Gasteiger partial charge in [0.2, 0.25) is 0 Å². The van der Waals surface area contributed by atoms with Crippen molar-refractivity contribution in [2.45, 2.75) is 54.4 Å². The smallest absolute Gasteiger partial charge is 0.265 e. The van der Waals surface area contributed by atoms with Crippen LogP contribution in [0.1, 0.15) is 58.6 Å². The van der Waals surface area contributed by atoms with Crippen LogP contribution in [0.25, 0.3) is 21.8 Å². The molecule has 0 aliphatic rings. The van der Waals surface area contributed by atoms with E-state index in [4.69, 9.17) is 0 Å². The minimum absolute atomic E-state index is 0. The Morgan fingerprint density at radius 3 is 1.04 bits per heavy atom. The van der Waals surface area contributed by atoms with Crippen molar-refractivity contribution >= 4 is 49.0 Å². The molecule has 0 spiro atoms. The number of benzene rings is 2. The van der Waals surface area contributed by atoms with Crippen LogP contribution in [0.3, 0.4) is 0 Å². The fourth-order valence-corrected chi connectivity index (χ4v) is 2.94. The van der Waals surface area contributed by atoms with Crippen molar-refractivity contribution in [2.24, 2.45) is 0 Å². The summed E-state index contributed by atoms with van der Waals surface area (Å²) in [7, 11) is -21.3. The Morgan fingerprint density at radius 2 is 0.811 bits per heavy atom. The molecule has 3 aromatic heterocycles. The number of Topliss-reactive ketones (excluding diaryl/α,β-unsaturated/α-hetero) is 2. The maximum absolute atomic E-state index is 10.7. The summed E-state index contributed by atoms with van der Waals surface area (Å²) in [6.07, 6.45) is 7.10. The molecule has 300 valence electrons. The predicted molar refractivity (Wildman–Crippen MR) is 186 cm³/mol. The fraction of sp³-hybridized carbons (Fsp3) is 0.242. The number of aryl methyl sites for hydroxylation is 1. The summed E-state index contributed by atoms with van der Waals surface area (Å²) >= 11 is 0. The Hall–Kier alpha value is -3.61. The van der Waals surface area contributed by atoms with Crippen molar-refractivity contribution in [3.63, 3.8) is 0 Å². The van der Waals surface area contributed by atoms with Crippen LogP contribution in [-0.2, 0) is 29.1 Å². The van der Waals surface area contributed by atoms with E-state index in [0.717, 1.165) is 21.8 Å². The van der Waals surface area contributed by atoms with Crippen molar-refractivity contribution in [2.75, 3.05) is 0 Å². The molecule has 20 heteroatoms. The maximum Gasteiger partial charge on any atom is 2.00 e. The first-order valence-electron chi connectivity index (χ1n) is 14.6. The van der Waals surface area contributed by atoms with Gasteiger partial charge in [-0.05, 0) is 70.4 Å². The van der Waals surface area contributed by atoms with E-state index in [1.165, 1.54) is 38.8 Å². The van der Waals surface area contributed by atoms with Crippen LogP contribution in [0.5, 0.6) is 0 Å². The monoisotopic (exact) mass is 901 g/mol. The molecule has 0 fully saturated rings. The molecule has 5 aromatic rings. The molecule has 5 rings (SSSR count). The SMILES string of the molecule is CC(C)=O.CC(C)=O.Cc1ccc(C(C)C)cc1.F[P-](F)(F)(F)(F)F.F[P-](F)(F)(F)(F)F.[Ru+2].c1ccncc1.c1cnc2c(c1)ccc1cccnc12. The van der Waals surface area contributed by atoms with E-state index < -0.39 is 15.6 Å². The second kappa shape index (κ2) is 20.2. The van der Waals surface area contributed by atoms with Crippen LogP contribution in [0, 0.1) is 6.92 Å². The standard InChI is InChI=1S/C12H8N2.C10H14.C5H5N.2C3H6O.2F6P.Ru/c1-3-9-5-6-10-4-2-8-14-12(10)11(9)13-7-1;1-8(2)10-6-4-9(3)5-7-10;1-2-4-6-5-3-1;2*1-3(2)4;2*1-7(2,3,4,5)6;/h1-8H;4-8H,1-3H3;1-5H;2*1-2H3;;;/q;;;;;2*-1;+2. The first-order chi connectivity index (χ1) is 23.0. The molecule has 2 aromatic carbocycles. The van der Waals surface area contributed by atoms with Gasteiger partial charge in [0.05, 0.1) is 11.0 Å². The summed E-state index contributed by atoms with van der Waals surface area (Å²) in [5, 5.41) is 2.28. The van der Waals surface area contributed by atoms with Gasteiger partial charge >= 0.3 is 85.5 Å². The third-order valence-corrected chi connectivity index (χ3v) is 4.66. The quantitative estimate of drug-likeness (QED) is 0.0725. The number of aromatic nitrogens is 3. The number of carbonyl (C=O) groups is 2. The van der Waals surface area contributed by atoms with Gasteiger partial charge in [-0.25, -0.2) is 0 Å². The molecule has 5 nitrogen and oxygen atoms in total. The number of halogens is 12. The zero-order valence-corrected chi connectivity index (χ0v) is 32.9. The molecule has 0 saturated carbocycles. The van der Waals surface area contributed by atoms with Crippen molar-refractivity contribution in [1.82, 2.24) is 15.0 Å². The summed E-state index contributed by atoms with van der Waals surface area (Å²) < 4.78 is 118. The summed E-state index contributed by atoms with van der Waals surface area (Å²) in [5.41, 5.74) is 4.71. The van der Waals surface area contributed by atoms with Gasteiger partial charge in [0.25, 0.3) is 0 Å². The van der Waals surface area contributed by atoms with Gasteiger partial charge in [0.15, 0.2) is 0 Å². The van der Waals surface area contributed by atoms with Gasteiger partial charge in [-0.1, -0.05) is 74.0 Å². The molecule has 0 aliphatic heterocycles. The Balaban J connectivity index is -0.000000577. The third kappa shape index (κ3) is 46.4. The number of nitrogens with zero attached hydrogens (tertiary/aromatic N) is 3. The summed E-state index contributed by atoms with van der Waals surface area (Å²) in [5.74, 6) is 0.987. The molecule has 0 saturated heterocycles. The van der Waals surface area contributed by atoms with Crippen molar-refractivity contribution < 1.29 is 79.4 Å². The van der Waals surface area contributed by atoms with Gasteiger partial charge in [0.1, 0.15) is 11.6 Å². The molecule has 0 atom stereocenters. The molecule has 0 N–H and O–H groups in total. The molecule has 0 aliphatic carbocycles.